The minimum absolute atomic E-state index is 0.0573. The molecular formula is C24H21N3O4. The molecule has 0 unspecified atom stereocenters. The molecule has 2 N–H and O–H groups in total. The minimum atomic E-state index is -0.497. The van der Waals surface area contributed by atoms with Crippen LogP contribution in [-0.2, 0) is 11.3 Å². The first kappa shape index (κ1) is 21.4. The predicted molar refractivity (Wildman–Crippen MR) is 120 cm³/mol. The van der Waals surface area contributed by atoms with Gasteiger partial charge in [-0.1, -0.05) is 54.1 Å². The molecule has 0 heterocycles. The SMILES string of the molecule is Cc1ccc(CNC(=O)c2ccccc2NC(=O)/C=C/c2cccc([N+](=O)[O-])c2)cc1. The summed E-state index contributed by atoms with van der Waals surface area (Å²) in [6.07, 6.45) is 2.74. The molecule has 7 heteroatoms. The molecule has 0 saturated heterocycles. The number of carbonyl (C=O) groups excluding carboxylic acids is 2. The van der Waals surface area contributed by atoms with Crippen molar-refractivity contribution in [1.82, 2.24) is 5.32 Å². The topological polar surface area (TPSA) is 101 Å². The van der Waals surface area contributed by atoms with Gasteiger partial charge in [0.05, 0.1) is 16.2 Å². The van der Waals surface area contributed by atoms with Gasteiger partial charge >= 0.3 is 0 Å². The number of non-ortho nitro benzene ring substituents is 1. The Balaban J connectivity index is 1.66. The van der Waals surface area contributed by atoms with Crippen molar-refractivity contribution in [2.75, 3.05) is 5.32 Å². The number of hydrogen-bond donors (Lipinski definition) is 2. The number of nitro benzene ring substituents is 1. The van der Waals surface area contributed by atoms with E-state index in [4.69, 9.17) is 0 Å². The first-order valence-corrected chi connectivity index (χ1v) is 9.58. The smallest absolute Gasteiger partial charge is 0.270 e. The van der Waals surface area contributed by atoms with E-state index < -0.39 is 10.8 Å². The number of amides is 2. The van der Waals surface area contributed by atoms with E-state index in [0.717, 1.165) is 11.1 Å². The minimum Gasteiger partial charge on any atom is -0.348 e. The van der Waals surface area contributed by atoms with E-state index in [1.807, 2.05) is 31.2 Å². The van der Waals surface area contributed by atoms with E-state index in [1.54, 1.807) is 36.4 Å². The maximum Gasteiger partial charge on any atom is 0.270 e. The monoisotopic (exact) mass is 415 g/mol. The van der Waals surface area contributed by atoms with Crippen molar-refractivity contribution in [3.05, 3.63) is 111 Å². The van der Waals surface area contributed by atoms with Gasteiger partial charge in [0.1, 0.15) is 0 Å². The van der Waals surface area contributed by atoms with Crippen LogP contribution in [0.3, 0.4) is 0 Å². The van der Waals surface area contributed by atoms with Crippen LogP contribution in [0.2, 0.25) is 0 Å². The highest BCUT2D eigenvalue weighted by Crippen LogP contribution is 2.17. The molecule has 0 saturated carbocycles. The number of nitrogens with one attached hydrogen (secondary N) is 2. The molecule has 0 spiro atoms. The molecule has 156 valence electrons. The number of para-hydroxylation sites is 1. The van der Waals surface area contributed by atoms with E-state index >= 15 is 0 Å². The van der Waals surface area contributed by atoms with Crippen molar-refractivity contribution in [1.29, 1.82) is 0 Å². The summed E-state index contributed by atoms with van der Waals surface area (Å²) in [5, 5.41) is 16.4. The zero-order valence-electron chi connectivity index (χ0n) is 16.9. The van der Waals surface area contributed by atoms with Crippen LogP contribution in [0, 0.1) is 17.0 Å². The van der Waals surface area contributed by atoms with Crippen LogP contribution in [0.15, 0.2) is 78.9 Å². The van der Waals surface area contributed by atoms with Crippen molar-refractivity contribution < 1.29 is 14.5 Å². The summed E-state index contributed by atoms with van der Waals surface area (Å²) in [4.78, 5) is 35.3. The predicted octanol–water partition coefficient (Wildman–Crippen LogP) is 4.49. The molecule has 0 aromatic heterocycles. The van der Waals surface area contributed by atoms with Crippen molar-refractivity contribution in [3.8, 4) is 0 Å². The molecule has 0 radical (unpaired) electrons. The zero-order chi connectivity index (χ0) is 22.2. The van der Waals surface area contributed by atoms with Gasteiger partial charge in [-0.15, -0.1) is 0 Å². The Morgan fingerprint density at radius 3 is 2.48 bits per heavy atom. The fourth-order valence-corrected chi connectivity index (χ4v) is 2.86. The molecule has 7 nitrogen and oxygen atoms in total. The second kappa shape index (κ2) is 9.98. The van der Waals surface area contributed by atoms with Crippen LogP contribution in [-0.4, -0.2) is 16.7 Å². The molecule has 0 bridgehead atoms. The highest BCUT2D eigenvalue weighted by molar-refractivity contribution is 6.07. The standard InChI is InChI=1S/C24H21N3O4/c1-17-9-11-19(12-10-17)16-25-24(29)21-7-2-3-8-22(21)26-23(28)14-13-18-5-4-6-20(15-18)27(30)31/h2-15H,16H2,1H3,(H,25,29)(H,26,28)/b14-13+. The van der Waals surface area contributed by atoms with Gasteiger partial charge in [-0.2, -0.15) is 0 Å². The van der Waals surface area contributed by atoms with Gasteiger partial charge in [-0.05, 0) is 36.3 Å². The Labute approximate surface area is 179 Å². The molecule has 0 fully saturated rings. The molecular weight excluding hydrogens is 394 g/mol. The van der Waals surface area contributed by atoms with Crippen LogP contribution in [0.25, 0.3) is 6.08 Å². The average molecular weight is 415 g/mol. The third kappa shape index (κ3) is 6.11. The summed E-state index contributed by atoms with van der Waals surface area (Å²) >= 11 is 0. The maximum absolute atomic E-state index is 12.6. The Morgan fingerprint density at radius 2 is 1.74 bits per heavy atom. The Kier molecular flexibility index (Phi) is 6.90. The molecule has 0 aliphatic carbocycles. The summed E-state index contributed by atoms with van der Waals surface area (Å²) in [5.41, 5.74) is 3.29. The number of hydrogen-bond acceptors (Lipinski definition) is 4. The lowest BCUT2D eigenvalue weighted by molar-refractivity contribution is -0.384. The lowest BCUT2D eigenvalue weighted by Gasteiger charge is -2.11. The van der Waals surface area contributed by atoms with Crippen molar-refractivity contribution >= 4 is 29.3 Å². The number of benzene rings is 3. The second-order valence-electron chi connectivity index (χ2n) is 6.89. The lowest BCUT2D eigenvalue weighted by Crippen LogP contribution is -2.24. The summed E-state index contributed by atoms with van der Waals surface area (Å²) in [6, 6.07) is 20.5. The normalized spacial score (nSPS) is 10.6. The zero-order valence-corrected chi connectivity index (χ0v) is 16.9. The summed E-state index contributed by atoms with van der Waals surface area (Å²) < 4.78 is 0. The Morgan fingerprint density at radius 1 is 1.00 bits per heavy atom. The fourth-order valence-electron chi connectivity index (χ4n) is 2.86. The van der Waals surface area contributed by atoms with Crippen LogP contribution in [0.5, 0.6) is 0 Å². The number of anilines is 1. The highest BCUT2D eigenvalue weighted by Gasteiger charge is 2.12. The van der Waals surface area contributed by atoms with Crippen molar-refractivity contribution in [3.63, 3.8) is 0 Å². The molecule has 3 rings (SSSR count). The summed E-state index contributed by atoms with van der Waals surface area (Å²) in [6.45, 7) is 2.36. The summed E-state index contributed by atoms with van der Waals surface area (Å²) in [5.74, 6) is -0.760. The van der Waals surface area contributed by atoms with Gasteiger partial charge in [0.2, 0.25) is 5.91 Å². The average Bonchev–Trinajstić information content (AvgIpc) is 2.77. The third-order valence-electron chi connectivity index (χ3n) is 4.51. The lowest BCUT2D eigenvalue weighted by atomic mass is 10.1. The maximum atomic E-state index is 12.6. The summed E-state index contributed by atoms with van der Waals surface area (Å²) in [7, 11) is 0. The van der Waals surface area contributed by atoms with Crippen molar-refractivity contribution in [2.45, 2.75) is 13.5 Å². The van der Waals surface area contributed by atoms with Crippen LogP contribution < -0.4 is 10.6 Å². The molecule has 0 atom stereocenters. The Bertz CT molecular complexity index is 1140. The molecule has 31 heavy (non-hydrogen) atoms. The first-order chi connectivity index (χ1) is 14.9. The Hall–Kier alpha value is -4.26. The van der Waals surface area contributed by atoms with Crippen LogP contribution in [0.4, 0.5) is 11.4 Å². The first-order valence-electron chi connectivity index (χ1n) is 9.58. The molecule has 0 aliphatic rings. The third-order valence-corrected chi connectivity index (χ3v) is 4.51. The number of carbonyl (C=O) groups is 2. The van der Waals surface area contributed by atoms with Crippen LogP contribution >= 0.6 is 0 Å². The van der Waals surface area contributed by atoms with Gasteiger partial charge in [0.15, 0.2) is 0 Å². The largest absolute Gasteiger partial charge is 0.348 e. The van der Waals surface area contributed by atoms with Gasteiger partial charge in [0, 0.05) is 24.8 Å². The van der Waals surface area contributed by atoms with Crippen molar-refractivity contribution in [2.24, 2.45) is 0 Å². The van der Waals surface area contributed by atoms with E-state index in [9.17, 15) is 19.7 Å². The molecule has 3 aromatic carbocycles. The van der Waals surface area contributed by atoms with Gasteiger partial charge in [-0.25, -0.2) is 0 Å². The second-order valence-corrected chi connectivity index (χ2v) is 6.89. The van der Waals surface area contributed by atoms with E-state index in [-0.39, 0.29) is 11.6 Å². The van der Waals surface area contributed by atoms with Gasteiger partial charge < -0.3 is 10.6 Å². The number of nitrogens with zero attached hydrogens (tertiary/aromatic N) is 1. The quantitative estimate of drug-likeness (QED) is 0.337. The molecule has 3 aromatic rings. The van der Waals surface area contributed by atoms with Crippen LogP contribution in [0.1, 0.15) is 27.0 Å². The molecule has 2 amide bonds. The number of aryl methyl sites for hydroxylation is 1. The number of nitro groups is 1. The van der Waals surface area contributed by atoms with E-state index in [2.05, 4.69) is 10.6 Å². The van der Waals surface area contributed by atoms with E-state index in [1.165, 1.54) is 24.3 Å². The fraction of sp³-hybridized carbons (Fsp3) is 0.0833. The van der Waals surface area contributed by atoms with Gasteiger partial charge in [-0.3, -0.25) is 19.7 Å². The van der Waals surface area contributed by atoms with Gasteiger partial charge in [0.25, 0.3) is 11.6 Å². The number of rotatable bonds is 7. The molecule has 0 aliphatic heterocycles. The highest BCUT2D eigenvalue weighted by atomic mass is 16.6. The van der Waals surface area contributed by atoms with E-state index in [0.29, 0.717) is 23.4 Å².